The Labute approximate surface area is 96.5 Å². The zero-order chi connectivity index (χ0) is 12.0. The van der Waals surface area contributed by atoms with Crippen LogP contribution in [-0.4, -0.2) is 10.1 Å². The number of pyridine rings is 1. The van der Waals surface area contributed by atoms with Crippen LogP contribution in [0.5, 0.6) is 0 Å². The van der Waals surface area contributed by atoms with Gasteiger partial charge >= 0.3 is 0 Å². The summed E-state index contributed by atoms with van der Waals surface area (Å²) in [5.41, 5.74) is 0.586. The minimum absolute atomic E-state index is 0.198. The number of hydrogen-bond donors (Lipinski definition) is 1. The van der Waals surface area contributed by atoms with E-state index in [0.29, 0.717) is 5.56 Å². The third kappa shape index (κ3) is 3.56. The molecule has 0 amide bonds. The van der Waals surface area contributed by atoms with Crippen LogP contribution in [0.25, 0.3) is 0 Å². The van der Waals surface area contributed by atoms with E-state index in [-0.39, 0.29) is 11.7 Å². The van der Waals surface area contributed by atoms with E-state index in [0.717, 1.165) is 31.9 Å². The van der Waals surface area contributed by atoms with Gasteiger partial charge in [0.25, 0.3) is 0 Å². The van der Waals surface area contributed by atoms with Crippen LogP contribution in [-0.2, 0) is 0 Å². The summed E-state index contributed by atoms with van der Waals surface area (Å²) in [6.45, 7) is 4.18. The second kappa shape index (κ2) is 6.59. The number of aromatic nitrogens is 1. The van der Waals surface area contributed by atoms with Gasteiger partial charge in [-0.15, -0.1) is 0 Å². The van der Waals surface area contributed by atoms with E-state index >= 15 is 0 Å². The minimum Gasteiger partial charge on any atom is -0.388 e. The average Bonchev–Trinajstić information content (AvgIpc) is 2.29. The topological polar surface area (TPSA) is 33.1 Å². The number of rotatable bonds is 6. The molecule has 2 unspecified atom stereocenters. The Morgan fingerprint density at radius 1 is 1.38 bits per heavy atom. The quantitative estimate of drug-likeness (QED) is 0.804. The van der Waals surface area contributed by atoms with Gasteiger partial charge in [-0.1, -0.05) is 33.1 Å². The molecule has 2 atom stereocenters. The smallest absolute Gasteiger partial charge is 0.141 e. The molecule has 1 N–H and O–H groups in total. The van der Waals surface area contributed by atoms with Crippen LogP contribution in [0.1, 0.15) is 51.2 Å². The molecule has 0 aliphatic heterocycles. The third-order valence-electron chi connectivity index (χ3n) is 2.97. The lowest BCUT2D eigenvalue weighted by Crippen LogP contribution is -2.12. The van der Waals surface area contributed by atoms with Crippen molar-refractivity contribution in [3.63, 3.8) is 0 Å². The molecule has 90 valence electrons. The van der Waals surface area contributed by atoms with E-state index in [1.54, 1.807) is 6.20 Å². The van der Waals surface area contributed by atoms with Crippen molar-refractivity contribution >= 4 is 0 Å². The largest absolute Gasteiger partial charge is 0.388 e. The van der Waals surface area contributed by atoms with Crippen LogP contribution in [0.4, 0.5) is 4.39 Å². The fourth-order valence-electron chi connectivity index (χ4n) is 1.91. The first-order valence-electron chi connectivity index (χ1n) is 5.97. The zero-order valence-corrected chi connectivity index (χ0v) is 9.99. The Balaban J connectivity index is 2.70. The molecular weight excluding hydrogens is 205 g/mol. The van der Waals surface area contributed by atoms with E-state index in [1.165, 1.54) is 6.07 Å². The van der Waals surface area contributed by atoms with Crippen molar-refractivity contribution in [2.24, 2.45) is 5.92 Å². The number of nitrogens with zero attached hydrogens (tertiary/aromatic N) is 1. The summed E-state index contributed by atoms with van der Waals surface area (Å²) in [7, 11) is 0. The monoisotopic (exact) mass is 225 g/mol. The van der Waals surface area contributed by atoms with E-state index < -0.39 is 6.10 Å². The Morgan fingerprint density at radius 3 is 2.69 bits per heavy atom. The van der Waals surface area contributed by atoms with Gasteiger partial charge < -0.3 is 5.11 Å². The molecule has 0 saturated heterocycles. The van der Waals surface area contributed by atoms with Gasteiger partial charge in [-0.25, -0.2) is 4.39 Å². The van der Waals surface area contributed by atoms with Crippen molar-refractivity contribution in [1.82, 2.24) is 4.98 Å². The van der Waals surface area contributed by atoms with Crippen LogP contribution in [0.3, 0.4) is 0 Å². The van der Waals surface area contributed by atoms with Crippen molar-refractivity contribution in [3.05, 3.63) is 29.8 Å². The normalized spacial score (nSPS) is 14.8. The van der Waals surface area contributed by atoms with E-state index in [1.807, 2.05) is 0 Å². The zero-order valence-electron chi connectivity index (χ0n) is 9.99. The number of aliphatic hydroxyl groups excluding tert-OH is 1. The minimum atomic E-state index is -0.597. The fourth-order valence-corrected chi connectivity index (χ4v) is 1.91. The Morgan fingerprint density at radius 2 is 2.12 bits per heavy atom. The molecule has 0 bridgehead atoms. The van der Waals surface area contributed by atoms with Crippen molar-refractivity contribution in [2.75, 3.05) is 0 Å². The highest BCUT2D eigenvalue weighted by molar-refractivity contribution is 5.14. The number of aliphatic hydroxyl groups is 1. The average molecular weight is 225 g/mol. The van der Waals surface area contributed by atoms with Gasteiger partial charge in [-0.05, 0) is 18.4 Å². The van der Waals surface area contributed by atoms with E-state index in [4.69, 9.17) is 0 Å². The van der Waals surface area contributed by atoms with Crippen LogP contribution >= 0.6 is 0 Å². The summed E-state index contributed by atoms with van der Waals surface area (Å²) in [6, 6.07) is 1.37. The second-order valence-electron chi connectivity index (χ2n) is 4.19. The SMILES string of the molecule is CCCCC(CC)C(O)c1cncc(F)c1. The fraction of sp³-hybridized carbons (Fsp3) is 0.615. The first kappa shape index (κ1) is 13.1. The summed E-state index contributed by atoms with van der Waals surface area (Å²) in [6.07, 6.45) is 6.19. The molecule has 0 fully saturated rings. The van der Waals surface area contributed by atoms with Crippen molar-refractivity contribution < 1.29 is 9.50 Å². The van der Waals surface area contributed by atoms with Gasteiger partial charge in [0.05, 0.1) is 12.3 Å². The molecular formula is C13H20FNO. The molecule has 0 aromatic carbocycles. The van der Waals surface area contributed by atoms with Gasteiger partial charge in [-0.2, -0.15) is 0 Å². The van der Waals surface area contributed by atoms with E-state index in [9.17, 15) is 9.50 Å². The number of halogens is 1. The summed E-state index contributed by atoms with van der Waals surface area (Å²) < 4.78 is 13.0. The molecule has 0 radical (unpaired) electrons. The molecule has 0 aliphatic rings. The molecule has 1 heterocycles. The maximum atomic E-state index is 13.0. The third-order valence-corrected chi connectivity index (χ3v) is 2.97. The highest BCUT2D eigenvalue weighted by atomic mass is 19.1. The lowest BCUT2D eigenvalue weighted by Gasteiger charge is -2.21. The van der Waals surface area contributed by atoms with Crippen LogP contribution < -0.4 is 0 Å². The van der Waals surface area contributed by atoms with Crippen molar-refractivity contribution in [2.45, 2.75) is 45.6 Å². The van der Waals surface area contributed by atoms with Crippen molar-refractivity contribution in [3.8, 4) is 0 Å². The van der Waals surface area contributed by atoms with Gasteiger partial charge in [0.1, 0.15) is 5.82 Å². The maximum absolute atomic E-state index is 13.0. The van der Waals surface area contributed by atoms with Crippen LogP contribution in [0.15, 0.2) is 18.5 Å². The van der Waals surface area contributed by atoms with Gasteiger partial charge in [0.2, 0.25) is 0 Å². The highest BCUT2D eigenvalue weighted by Gasteiger charge is 2.19. The molecule has 1 aromatic heterocycles. The summed E-state index contributed by atoms with van der Waals surface area (Å²) in [5, 5.41) is 10.1. The molecule has 0 saturated carbocycles. The molecule has 0 aliphatic carbocycles. The summed E-state index contributed by atoms with van der Waals surface area (Å²) >= 11 is 0. The first-order valence-corrected chi connectivity index (χ1v) is 5.97. The molecule has 16 heavy (non-hydrogen) atoms. The van der Waals surface area contributed by atoms with Crippen LogP contribution in [0.2, 0.25) is 0 Å². The number of unbranched alkanes of at least 4 members (excludes halogenated alkanes) is 1. The first-order chi connectivity index (χ1) is 7.69. The second-order valence-corrected chi connectivity index (χ2v) is 4.19. The lowest BCUT2D eigenvalue weighted by atomic mass is 9.90. The number of hydrogen-bond acceptors (Lipinski definition) is 2. The Hall–Kier alpha value is -0.960. The maximum Gasteiger partial charge on any atom is 0.141 e. The van der Waals surface area contributed by atoms with E-state index in [2.05, 4.69) is 18.8 Å². The molecule has 3 heteroatoms. The van der Waals surface area contributed by atoms with Crippen molar-refractivity contribution in [1.29, 1.82) is 0 Å². The standard InChI is InChI=1S/C13H20FNO/c1-3-5-6-10(4-2)13(16)11-7-12(14)9-15-8-11/h7-10,13,16H,3-6H2,1-2H3. The molecule has 0 spiro atoms. The predicted octanol–water partition coefficient (Wildman–Crippen LogP) is 3.47. The Bertz CT molecular complexity index is 317. The lowest BCUT2D eigenvalue weighted by molar-refractivity contribution is 0.0982. The Kier molecular flexibility index (Phi) is 5.39. The van der Waals surface area contributed by atoms with Gasteiger partial charge in [0, 0.05) is 11.8 Å². The van der Waals surface area contributed by atoms with Gasteiger partial charge in [0.15, 0.2) is 0 Å². The molecule has 1 aromatic rings. The van der Waals surface area contributed by atoms with Crippen LogP contribution in [0, 0.1) is 11.7 Å². The molecule has 2 nitrogen and oxygen atoms in total. The summed E-state index contributed by atoms with van der Waals surface area (Å²) in [4.78, 5) is 3.77. The highest BCUT2D eigenvalue weighted by Crippen LogP contribution is 2.28. The molecule has 1 rings (SSSR count). The predicted molar refractivity (Wildman–Crippen MR) is 62.5 cm³/mol. The van der Waals surface area contributed by atoms with Gasteiger partial charge in [-0.3, -0.25) is 4.98 Å². The summed E-state index contributed by atoms with van der Waals surface area (Å²) in [5.74, 6) is -0.189.